The molecule has 0 saturated heterocycles. The lowest BCUT2D eigenvalue weighted by Gasteiger charge is -2.18. The van der Waals surface area contributed by atoms with Gasteiger partial charge in [0, 0.05) is 11.6 Å². The van der Waals surface area contributed by atoms with Crippen molar-refractivity contribution in [2.45, 2.75) is 20.0 Å². The van der Waals surface area contributed by atoms with Crippen LogP contribution in [0.4, 0.5) is 0 Å². The summed E-state index contributed by atoms with van der Waals surface area (Å²) in [4.78, 5) is 24.3. The minimum absolute atomic E-state index is 0.230. The van der Waals surface area contributed by atoms with Crippen molar-refractivity contribution in [1.82, 2.24) is 0 Å². The average Bonchev–Trinajstić information content (AvgIpc) is 2.66. The fourth-order valence-corrected chi connectivity index (χ4v) is 2.55. The van der Waals surface area contributed by atoms with Crippen LogP contribution in [0.25, 0.3) is 6.08 Å². The predicted octanol–water partition coefficient (Wildman–Crippen LogP) is 3.59. The highest BCUT2D eigenvalue weighted by Crippen LogP contribution is 2.31. The molecular weight excluding hydrogens is 332 g/mol. The largest absolute Gasteiger partial charge is 0.486 e. The van der Waals surface area contributed by atoms with Crippen molar-refractivity contribution in [2.24, 2.45) is 0 Å². The highest BCUT2D eigenvalue weighted by atomic mass is 16.6. The number of esters is 1. The second kappa shape index (κ2) is 7.87. The lowest BCUT2D eigenvalue weighted by Crippen LogP contribution is -2.23. The molecular formula is C21H20O5. The lowest BCUT2D eigenvalue weighted by atomic mass is 10.1. The summed E-state index contributed by atoms with van der Waals surface area (Å²) < 4.78 is 16.2. The van der Waals surface area contributed by atoms with E-state index < -0.39 is 12.1 Å². The molecule has 3 rings (SSSR count). The van der Waals surface area contributed by atoms with E-state index in [0.717, 1.165) is 11.1 Å². The Bertz CT molecular complexity index is 836. The molecule has 26 heavy (non-hydrogen) atoms. The molecule has 0 N–H and O–H groups in total. The number of rotatable bonds is 5. The molecule has 134 valence electrons. The summed E-state index contributed by atoms with van der Waals surface area (Å²) in [6, 6.07) is 12.6. The second-order valence-corrected chi connectivity index (χ2v) is 6.05. The molecule has 0 aromatic heterocycles. The van der Waals surface area contributed by atoms with E-state index in [1.807, 2.05) is 25.1 Å². The van der Waals surface area contributed by atoms with Gasteiger partial charge in [-0.2, -0.15) is 0 Å². The zero-order valence-electron chi connectivity index (χ0n) is 14.7. The summed E-state index contributed by atoms with van der Waals surface area (Å²) in [6.45, 7) is 4.54. The molecule has 0 radical (unpaired) electrons. The van der Waals surface area contributed by atoms with Crippen LogP contribution in [-0.4, -0.2) is 31.1 Å². The molecule has 1 aliphatic rings. The van der Waals surface area contributed by atoms with Gasteiger partial charge in [0.25, 0.3) is 0 Å². The maximum Gasteiger partial charge on any atom is 0.331 e. The molecule has 0 fully saturated rings. The molecule has 1 heterocycles. The summed E-state index contributed by atoms with van der Waals surface area (Å²) >= 11 is 0. The van der Waals surface area contributed by atoms with Crippen LogP contribution in [0.1, 0.15) is 28.4 Å². The third kappa shape index (κ3) is 4.30. The third-order valence-electron chi connectivity index (χ3n) is 3.98. The first-order valence-electron chi connectivity index (χ1n) is 8.42. The Morgan fingerprint density at radius 3 is 2.46 bits per heavy atom. The fourth-order valence-electron chi connectivity index (χ4n) is 2.55. The number of carbonyl (C=O) groups is 2. The highest BCUT2D eigenvalue weighted by Gasteiger charge is 2.18. The number of aryl methyl sites for hydroxylation is 1. The molecule has 2 aromatic rings. The van der Waals surface area contributed by atoms with E-state index in [2.05, 4.69) is 0 Å². The van der Waals surface area contributed by atoms with E-state index in [4.69, 9.17) is 14.2 Å². The van der Waals surface area contributed by atoms with Crippen molar-refractivity contribution in [1.29, 1.82) is 0 Å². The maximum atomic E-state index is 12.3. The first-order valence-corrected chi connectivity index (χ1v) is 8.42. The van der Waals surface area contributed by atoms with Crippen LogP contribution in [0.2, 0.25) is 0 Å². The van der Waals surface area contributed by atoms with Gasteiger partial charge in [-0.15, -0.1) is 0 Å². The Hall–Kier alpha value is -3.08. The van der Waals surface area contributed by atoms with Crippen LogP contribution in [0.3, 0.4) is 0 Å². The number of hydrogen-bond donors (Lipinski definition) is 0. The van der Waals surface area contributed by atoms with Gasteiger partial charge in [0.15, 0.2) is 17.6 Å². The summed E-state index contributed by atoms with van der Waals surface area (Å²) in [5, 5.41) is 0. The molecule has 0 bridgehead atoms. The number of fused-ring (bicyclic) bond motifs is 1. The number of benzene rings is 2. The van der Waals surface area contributed by atoms with Crippen LogP contribution in [-0.2, 0) is 9.53 Å². The molecule has 0 saturated carbocycles. The van der Waals surface area contributed by atoms with Gasteiger partial charge >= 0.3 is 5.97 Å². The zero-order valence-corrected chi connectivity index (χ0v) is 14.7. The number of hydrogen-bond acceptors (Lipinski definition) is 5. The molecule has 1 aliphatic heterocycles. The van der Waals surface area contributed by atoms with Crippen molar-refractivity contribution < 1.29 is 23.8 Å². The second-order valence-electron chi connectivity index (χ2n) is 6.05. The number of ketones is 1. The molecule has 1 atom stereocenters. The van der Waals surface area contributed by atoms with E-state index in [1.165, 1.54) is 6.08 Å². The molecule has 0 aliphatic carbocycles. The van der Waals surface area contributed by atoms with Crippen LogP contribution >= 0.6 is 0 Å². The van der Waals surface area contributed by atoms with Gasteiger partial charge in [0.1, 0.15) is 13.2 Å². The van der Waals surface area contributed by atoms with E-state index in [9.17, 15) is 9.59 Å². The van der Waals surface area contributed by atoms with Crippen LogP contribution in [0.5, 0.6) is 11.5 Å². The summed E-state index contributed by atoms with van der Waals surface area (Å²) in [5.74, 6) is 0.530. The van der Waals surface area contributed by atoms with Crippen LogP contribution < -0.4 is 9.47 Å². The average molecular weight is 352 g/mol. The smallest absolute Gasteiger partial charge is 0.331 e. The quantitative estimate of drug-likeness (QED) is 0.467. The topological polar surface area (TPSA) is 61.8 Å². The van der Waals surface area contributed by atoms with Crippen LogP contribution in [0.15, 0.2) is 48.5 Å². The monoisotopic (exact) mass is 352 g/mol. The molecule has 5 heteroatoms. The summed E-state index contributed by atoms with van der Waals surface area (Å²) in [6.07, 6.45) is 2.06. The minimum Gasteiger partial charge on any atom is -0.486 e. The molecule has 0 unspecified atom stereocenters. The number of ether oxygens (including phenoxy) is 3. The first-order chi connectivity index (χ1) is 12.5. The molecule has 0 spiro atoms. The van der Waals surface area contributed by atoms with Crippen molar-refractivity contribution in [2.75, 3.05) is 13.2 Å². The van der Waals surface area contributed by atoms with Gasteiger partial charge in [-0.25, -0.2) is 4.79 Å². The van der Waals surface area contributed by atoms with E-state index in [-0.39, 0.29) is 5.78 Å². The van der Waals surface area contributed by atoms with Gasteiger partial charge in [-0.1, -0.05) is 35.9 Å². The lowest BCUT2D eigenvalue weighted by molar-refractivity contribution is -0.140. The Labute approximate surface area is 152 Å². The Balaban J connectivity index is 1.60. The van der Waals surface area contributed by atoms with Crippen molar-refractivity contribution >= 4 is 17.8 Å². The van der Waals surface area contributed by atoms with Crippen molar-refractivity contribution in [3.63, 3.8) is 0 Å². The van der Waals surface area contributed by atoms with E-state index in [1.54, 1.807) is 37.3 Å². The maximum absolute atomic E-state index is 12.3. The van der Waals surface area contributed by atoms with Gasteiger partial charge in [0.2, 0.25) is 5.78 Å². The van der Waals surface area contributed by atoms with Crippen molar-refractivity contribution in [3.8, 4) is 11.5 Å². The van der Waals surface area contributed by atoms with Gasteiger partial charge in [0.05, 0.1) is 0 Å². The Morgan fingerprint density at radius 2 is 1.73 bits per heavy atom. The third-order valence-corrected chi connectivity index (χ3v) is 3.98. The van der Waals surface area contributed by atoms with Crippen molar-refractivity contribution in [3.05, 3.63) is 65.2 Å². The fraction of sp³-hybridized carbons (Fsp3) is 0.238. The zero-order chi connectivity index (χ0) is 18.5. The van der Waals surface area contributed by atoms with E-state index >= 15 is 0 Å². The number of carbonyl (C=O) groups excluding carboxylic acids is 2. The van der Waals surface area contributed by atoms with Crippen LogP contribution in [0, 0.1) is 6.92 Å². The standard InChI is InChI=1S/C21H20O5/c1-14-3-7-17(8-4-14)21(23)15(2)26-20(22)10-6-16-5-9-18-19(13-16)25-12-11-24-18/h3-10,13,15H,11-12H2,1-2H3/b10-6+/t15-/m0/s1. The SMILES string of the molecule is Cc1ccc(C(=O)[C@H](C)OC(=O)/C=C/c2ccc3c(c2)OCCO3)cc1. The van der Waals surface area contributed by atoms with E-state index in [0.29, 0.717) is 30.3 Å². The number of Topliss-reactive ketones (excluding diaryl/α,β-unsaturated/α-hetero) is 1. The summed E-state index contributed by atoms with van der Waals surface area (Å²) in [7, 11) is 0. The normalized spacial score (nSPS) is 14.1. The van der Waals surface area contributed by atoms with Gasteiger partial charge < -0.3 is 14.2 Å². The summed E-state index contributed by atoms with van der Waals surface area (Å²) in [5.41, 5.74) is 2.36. The highest BCUT2D eigenvalue weighted by molar-refractivity contribution is 6.01. The Morgan fingerprint density at radius 1 is 1.04 bits per heavy atom. The minimum atomic E-state index is -0.852. The molecule has 0 amide bonds. The predicted molar refractivity (Wildman–Crippen MR) is 97.5 cm³/mol. The first kappa shape index (κ1) is 17.7. The van der Waals surface area contributed by atoms with Gasteiger partial charge in [-0.05, 0) is 37.6 Å². The van der Waals surface area contributed by atoms with Gasteiger partial charge in [-0.3, -0.25) is 4.79 Å². The molecule has 5 nitrogen and oxygen atoms in total. The molecule has 2 aromatic carbocycles. The Kier molecular flexibility index (Phi) is 5.37.